The summed E-state index contributed by atoms with van der Waals surface area (Å²) in [6, 6.07) is 5.90. The van der Waals surface area contributed by atoms with E-state index in [-0.39, 0.29) is 10.7 Å². The lowest BCUT2D eigenvalue weighted by atomic mass is 10.1. The highest BCUT2D eigenvalue weighted by molar-refractivity contribution is 7.22. The van der Waals surface area contributed by atoms with E-state index in [0.29, 0.717) is 5.39 Å². The van der Waals surface area contributed by atoms with Crippen molar-refractivity contribution < 1.29 is 0 Å². The van der Waals surface area contributed by atoms with Gasteiger partial charge in [0.15, 0.2) is 5.13 Å². The molecular weight excluding hydrogens is 234 g/mol. The topological polar surface area (TPSA) is 68.9 Å². The molecule has 84 valence electrons. The van der Waals surface area contributed by atoms with Crippen molar-refractivity contribution in [3.05, 3.63) is 40.3 Å². The zero-order valence-electron chi connectivity index (χ0n) is 9.10. The molecule has 0 aliphatic carbocycles. The van der Waals surface area contributed by atoms with Crippen molar-refractivity contribution in [2.75, 3.05) is 5.73 Å². The van der Waals surface area contributed by atoms with Gasteiger partial charge in [-0.3, -0.25) is 9.78 Å². The molecule has 0 atom stereocenters. The maximum atomic E-state index is 11.7. The van der Waals surface area contributed by atoms with Crippen LogP contribution in [0.4, 0.5) is 5.13 Å². The summed E-state index contributed by atoms with van der Waals surface area (Å²) in [4.78, 5) is 19.8. The van der Waals surface area contributed by atoms with Crippen molar-refractivity contribution in [3.63, 3.8) is 0 Å². The lowest BCUT2D eigenvalue weighted by Crippen LogP contribution is -2.07. The molecule has 5 heteroatoms. The summed E-state index contributed by atoms with van der Waals surface area (Å²) in [5, 5.41) is 1.78. The van der Waals surface area contributed by atoms with Gasteiger partial charge in [0.1, 0.15) is 0 Å². The van der Waals surface area contributed by atoms with Gasteiger partial charge in [0.05, 0.1) is 15.6 Å². The van der Waals surface area contributed by atoms with E-state index in [0.717, 1.165) is 21.2 Å². The molecule has 0 saturated carbocycles. The largest absolute Gasteiger partial charge is 0.375 e. The monoisotopic (exact) mass is 243 g/mol. The molecule has 2 aromatic heterocycles. The number of hydrogen-bond acceptors (Lipinski definition) is 5. The standard InChI is InChI=1S/C12H9N3OS/c1-6-3-2-4-7-9(6)14-5-8-10(7)17-12(13)15-11(8)16/h2-5H,1H3,(H2,13,15,16). The van der Waals surface area contributed by atoms with Gasteiger partial charge in [-0.1, -0.05) is 29.5 Å². The van der Waals surface area contributed by atoms with Crippen molar-refractivity contribution in [1.82, 2.24) is 9.97 Å². The van der Waals surface area contributed by atoms with Crippen LogP contribution in [0.5, 0.6) is 0 Å². The molecule has 2 heterocycles. The zero-order chi connectivity index (χ0) is 12.0. The van der Waals surface area contributed by atoms with Gasteiger partial charge in [-0.15, -0.1) is 0 Å². The van der Waals surface area contributed by atoms with Gasteiger partial charge in [0.25, 0.3) is 5.56 Å². The van der Waals surface area contributed by atoms with Crippen LogP contribution in [0.3, 0.4) is 0 Å². The minimum atomic E-state index is -0.313. The van der Waals surface area contributed by atoms with Gasteiger partial charge in [-0.2, -0.15) is 4.98 Å². The number of nitrogens with two attached hydrogens (primary N) is 1. The fraction of sp³-hybridized carbons (Fsp3) is 0.0833. The van der Waals surface area contributed by atoms with Crippen molar-refractivity contribution >= 4 is 37.5 Å². The molecule has 0 spiro atoms. The third-order valence-electron chi connectivity index (χ3n) is 2.70. The Hall–Kier alpha value is -2.01. The van der Waals surface area contributed by atoms with E-state index in [1.807, 2.05) is 25.1 Å². The molecule has 0 amide bonds. The Morgan fingerprint density at radius 2 is 2.12 bits per heavy atom. The van der Waals surface area contributed by atoms with E-state index < -0.39 is 0 Å². The van der Waals surface area contributed by atoms with Crippen LogP contribution in [0, 0.1) is 6.92 Å². The molecule has 0 saturated heterocycles. The molecule has 0 aliphatic heterocycles. The molecule has 0 aliphatic rings. The number of rotatable bonds is 0. The molecule has 0 unspecified atom stereocenters. The third kappa shape index (κ3) is 1.47. The molecule has 0 radical (unpaired) electrons. The summed E-state index contributed by atoms with van der Waals surface area (Å²) in [5.74, 6) is 0. The Labute approximate surface area is 101 Å². The number of hydrogen-bond donors (Lipinski definition) is 1. The van der Waals surface area contributed by atoms with Crippen LogP contribution in [0.25, 0.3) is 21.0 Å². The van der Waals surface area contributed by atoms with Gasteiger partial charge in [-0.05, 0) is 12.5 Å². The van der Waals surface area contributed by atoms with E-state index in [1.54, 1.807) is 6.20 Å². The van der Waals surface area contributed by atoms with E-state index in [9.17, 15) is 4.79 Å². The molecule has 17 heavy (non-hydrogen) atoms. The molecule has 3 aromatic rings. The average molecular weight is 243 g/mol. The predicted octanol–water partition coefficient (Wildman–Crippen LogP) is 2.10. The minimum Gasteiger partial charge on any atom is -0.375 e. The highest BCUT2D eigenvalue weighted by Crippen LogP contribution is 2.27. The molecule has 1 aromatic carbocycles. The van der Waals surface area contributed by atoms with Crippen molar-refractivity contribution in [1.29, 1.82) is 0 Å². The van der Waals surface area contributed by atoms with Gasteiger partial charge in [0.2, 0.25) is 0 Å². The highest BCUT2D eigenvalue weighted by atomic mass is 32.1. The first-order valence-electron chi connectivity index (χ1n) is 5.11. The van der Waals surface area contributed by atoms with Gasteiger partial charge in [0, 0.05) is 11.6 Å². The number of pyridine rings is 1. The van der Waals surface area contributed by atoms with Crippen LogP contribution >= 0.6 is 11.3 Å². The fourth-order valence-electron chi connectivity index (χ4n) is 1.90. The molecule has 4 nitrogen and oxygen atoms in total. The highest BCUT2D eigenvalue weighted by Gasteiger charge is 2.08. The number of nitrogen functional groups attached to an aromatic ring is 1. The first-order chi connectivity index (χ1) is 8.16. The van der Waals surface area contributed by atoms with Crippen molar-refractivity contribution in [3.8, 4) is 0 Å². The second-order valence-corrected chi connectivity index (χ2v) is 4.86. The number of anilines is 1. The van der Waals surface area contributed by atoms with E-state index in [2.05, 4.69) is 9.97 Å². The van der Waals surface area contributed by atoms with Crippen LogP contribution in [-0.2, 0) is 0 Å². The predicted molar refractivity (Wildman–Crippen MR) is 70.3 cm³/mol. The zero-order valence-corrected chi connectivity index (χ0v) is 9.91. The summed E-state index contributed by atoms with van der Waals surface area (Å²) in [5.41, 5.74) is 7.31. The second kappa shape index (κ2) is 3.49. The molecule has 3 rings (SSSR count). The molecule has 0 bridgehead atoms. The lowest BCUT2D eigenvalue weighted by Gasteiger charge is -2.04. The Bertz CT molecular complexity index is 795. The summed E-state index contributed by atoms with van der Waals surface area (Å²) in [7, 11) is 0. The first kappa shape index (κ1) is 10.2. The van der Waals surface area contributed by atoms with Gasteiger partial charge in [-0.25, -0.2) is 0 Å². The average Bonchev–Trinajstić information content (AvgIpc) is 2.29. The quantitative estimate of drug-likeness (QED) is 0.614. The Morgan fingerprint density at radius 3 is 2.94 bits per heavy atom. The molecular formula is C12H9N3OS. The Kier molecular flexibility index (Phi) is 2.09. The maximum absolute atomic E-state index is 11.7. The second-order valence-electron chi connectivity index (χ2n) is 3.83. The van der Waals surface area contributed by atoms with Gasteiger partial charge < -0.3 is 5.73 Å². The summed E-state index contributed by atoms with van der Waals surface area (Å²) < 4.78 is 0.858. The fourth-order valence-corrected chi connectivity index (χ4v) is 2.76. The van der Waals surface area contributed by atoms with E-state index in [4.69, 9.17) is 5.73 Å². The lowest BCUT2D eigenvalue weighted by molar-refractivity contribution is 1.30. The number of aryl methyl sites for hydroxylation is 1. The minimum absolute atomic E-state index is 0.288. The van der Waals surface area contributed by atoms with Crippen LogP contribution in [0.15, 0.2) is 29.2 Å². The number of fused-ring (bicyclic) bond motifs is 3. The third-order valence-corrected chi connectivity index (χ3v) is 3.64. The Balaban J connectivity index is 2.65. The van der Waals surface area contributed by atoms with Crippen molar-refractivity contribution in [2.24, 2.45) is 0 Å². The van der Waals surface area contributed by atoms with E-state index in [1.165, 1.54) is 11.3 Å². The number of para-hydroxylation sites is 1. The number of nitrogens with zero attached hydrogens (tertiary/aromatic N) is 2. The summed E-state index contributed by atoms with van der Waals surface area (Å²) in [6.45, 7) is 1.99. The number of aromatic nitrogens is 2. The molecule has 0 fully saturated rings. The molecule has 2 N–H and O–H groups in total. The van der Waals surface area contributed by atoms with Crippen LogP contribution in [0.1, 0.15) is 5.56 Å². The number of benzene rings is 1. The van der Waals surface area contributed by atoms with E-state index >= 15 is 0 Å². The first-order valence-corrected chi connectivity index (χ1v) is 5.93. The van der Waals surface area contributed by atoms with Crippen LogP contribution < -0.4 is 11.3 Å². The normalized spacial score (nSPS) is 11.1. The SMILES string of the molecule is Cc1cccc2c1ncc1c(=O)nc(N)sc12. The van der Waals surface area contributed by atoms with Crippen LogP contribution in [-0.4, -0.2) is 9.97 Å². The smallest absolute Gasteiger partial charge is 0.282 e. The van der Waals surface area contributed by atoms with Crippen molar-refractivity contribution in [2.45, 2.75) is 6.92 Å². The Morgan fingerprint density at radius 1 is 1.29 bits per heavy atom. The van der Waals surface area contributed by atoms with Gasteiger partial charge >= 0.3 is 0 Å². The van der Waals surface area contributed by atoms with Crippen LogP contribution in [0.2, 0.25) is 0 Å². The summed E-state index contributed by atoms with van der Waals surface area (Å²) in [6.07, 6.45) is 1.58. The maximum Gasteiger partial charge on any atom is 0.282 e. The summed E-state index contributed by atoms with van der Waals surface area (Å²) >= 11 is 1.32.